The SMILES string of the molecule is CC(C)C[C@H](C)Oc1cc(-n2nc(C(C)C)n(C)c2=O)c(F)cc1C(=O)N[C@H](C)C=O. The number of carbonyl (C=O) groups is 2. The zero-order valence-electron chi connectivity index (χ0n) is 19.1. The van der Waals surface area contributed by atoms with Crippen molar-refractivity contribution < 1.29 is 18.7 Å². The van der Waals surface area contributed by atoms with Crippen LogP contribution in [0.2, 0.25) is 0 Å². The van der Waals surface area contributed by atoms with Gasteiger partial charge >= 0.3 is 5.69 Å². The summed E-state index contributed by atoms with van der Waals surface area (Å²) in [6, 6.07) is 1.57. The molecule has 0 saturated heterocycles. The van der Waals surface area contributed by atoms with Gasteiger partial charge in [0.05, 0.1) is 17.7 Å². The summed E-state index contributed by atoms with van der Waals surface area (Å²) in [5.41, 5.74) is -0.673. The molecule has 0 aliphatic rings. The Morgan fingerprint density at radius 1 is 1.23 bits per heavy atom. The molecule has 0 bridgehead atoms. The quantitative estimate of drug-likeness (QED) is 0.612. The van der Waals surface area contributed by atoms with Gasteiger partial charge in [-0.05, 0) is 32.3 Å². The molecule has 0 aliphatic heterocycles. The zero-order chi connectivity index (χ0) is 23.5. The average molecular weight is 435 g/mol. The lowest BCUT2D eigenvalue weighted by Crippen LogP contribution is -2.34. The molecular formula is C22H31FN4O4. The maximum absolute atomic E-state index is 15.1. The van der Waals surface area contributed by atoms with Crippen LogP contribution in [0.1, 0.15) is 70.1 Å². The van der Waals surface area contributed by atoms with E-state index in [-0.39, 0.29) is 29.0 Å². The lowest BCUT2D eigenvalue weighted by molar-refractivity contribution is -0.109. The van der Waals surface area contributed by atoms with Crippen LogP contribution in [-0.4, -0.2) is 38.7 Å². The number of carbonyl (C=O) groups excluding carboxylic acids is 2. The molecular weight excluding hydrogens is 403 g/mol. The largest absolute Gasteiger partial charge is 0.490 e. The second-order valence-corrected chi connectivity index (χ2v) is 8.52. The Morgan fingerprint density at radius 3 is 2.39 bits per heavy atom. The summed E-state index contributed by atoms with van der Waals surface area (Å²) < 4.78 is 23.4. The van der Waals surface area contributed by atoms with Crippen molar-refractivity contribution in [2.75, 3.05) is 0 Å². The number of benzene rings is 1. The number of nitrogens with zero attached hydrogens (tertiary/aromatic N) is 3. The first-order valence-corrected chi connectivity index (χ1v) is 10.4. The molecule has 2 aromatic rings. The molecule has 1 heterocycles. The molecule has 0 unspecified atom stereocenters. The molecule has 0 saturated carbocycles. The van der Waals surface area contributed by atoms with E-state index in [1.54, 1.807) is 7.05 Å². The Balaban J connectivity index is 2.61. The molecule has 2 rings (SSSR count). The number of aromatic nitrogens is 3. The van der Waals surface area contributed by atoms with Crippen LogP contribution >= 0.6 is 0 Å². The molecule has 2 atom stereocenters. The van der Waals surface area contributed by atoms with E-state index < -0.39 is 23.5 Å². The van der Waals surface area contributed by atoms with Crippen molar-refractivity contribution in [1.82, 2.24) is 19.7 Å². The van der Waals surface area contributed by atoms with Crippen molar-refractivity contribution in [2.45, 2.75) is 66.0 Å². The molecule has 1 amide bonds. The second-order valence-electron chi connectivity index (χ2n) is 8.52. The Hall–Kier alpha value is -2.97. The molecule has 1 aromatic heterocycles. The molecule has 0 spiro atoms. The molecule has 0 aliphatic carbocycles. The third-order valence-electron chi connectivity index (χ3n) is 4.75. The molecule has 1 N–H and O–H groups in total. The smallest absolute Gasteiger partial charge is 0.350 e. The topological polar surface area (TPSA) is 95.2 Å². The highest BCUT2D eigenvalue weighted by Crippen LogP contribution is 2.27. The summed E-state index contributed by atoms with van der Waals surface area (Å²) in [6.45, 7) is 11.2. The molecule has 0 fully saturated rings. The Morgan fingerprint density at radius 2 is 1.87 bits per heavy atom. The number of hydrogen-bond acceptors (Lipinski definition) is 5. The van der Waals surface area contributed by atoms with Crippen LogP contribution in [0.3, 0.4) is 0 Å². The van der Waals surface area contributed by atoms with Crippen molar-refractivity contribution in [3.63, 3.8) is 0 Å². The Labute approximate surface area is 181 Å². The third-order valence-corrected chi connectivity index (χ3v) is 4.75. The fraction of sp³-hybridized carbons (Fsp3) is 0.545. The Kier molecular flexibility index (Phi) is 7.75. The van der Waals surface area contributed by atoms with Crippen molar-refractivity contribution in [3.8, 4) is 11.4 Å². The van der Waals surface area contributed by atoms with Gasteiger partial charge in [0.1, 0.15) is 29.4 Å². The monoisotopic (exact) mass is 434 g/mol. The lowest BCUT2D eigenvalue weighted by atomic mass is 10.1. The molecule has 9 heteroatoms. The zero-order valence-corrected chi connectivity index (χ0v) is 19.1. The van der Waals surface area contributed by atoms with E-state index >= 15 is 4.39 Å². The number of rotatable bonds is 9. The van der Waals surface area contributed by atoms with Gasteiger partial charge in [0, 0.05) is 19.0 Å². The van der Waals surface area contributed by atoms with Gasteiger partial charge in [-0.15, -0.1) is 5.10 Å². The summed E-state index contributed by atoms with van der Waals surface area (Å²) in [5.74, 6) is -0.533. The Bertz CT molecular complexity index is 1010. The fourth-order valence-electron chi connectivity index (χ4n) is 3.34. The van der Waals surface area contributed by atoms with Gasteiger partial charge in [0.25, 0.3) is 5.91 Å². The second kappa shape index (κ2) is 9.89. The first-order chi connectivity index (χ1) is 14.5. The number of halogens is 1. The maximum atomic E-state index is 15.1. The van der Waals surface area contributed by atoms with Crippen LogP contribution in [0.5, 0.6) is 5.75 Å². The molecule has 170 valence electrons. The van der Waals surface area contributed by atoms with Crippen molar-refractivity contribution in [1.29, 1.82) is 0 Å². The molecule has 31 heavy (non-hydrogen) atoms. The fourth-order valence-corrected chi connectivity index (χ4v) is 3.34. The summed E-state index contributed by atoms with van der Waals surface area (Å²) in [7, 11) is 1.57. The number of ether oxygens (including phenoxy) is 1. The maximum Gasteiger partial charge on any atom is 0.350 e. The van der Waals surface area contributed by atoms with Crippen LogP contribution in [0.4, 0.5) is 4.39 Å². The van der Waals surface area contributed by atoms with E-state index in [0.717, 1.165) is 10.7 Å². The predicted molar refractivity (Wildman–Crippen MR) is 115 cm³/mol. The van der Waals surface area contributed by atoms with Crippen LogP contribution in [0.15, 0.2) is 16.9 Å². The first-order valence-electron chi connectivity index (χ1n) is 10.4. The van der Waals surface area contributed by atoms with Crippen molar-refractivity contribution >= 4 is 12.2 Å². The minimum Gasteiger partial charge on any atom is -0.490 e. The van der Waals surface area contributed by atoms with Gasteiger partial charge in [0.2, 0.25) is 0 Å². The first kappa shape index (κ1) is 24.3. The number of amides is 1. The van der Waals surface area contributed by atoms with Gasteiger partial charge in [0.15, 0.2) is 0 Å². The van der Waals surface area contributed by atoms with Crippen LogP contribution in [0.25, 0.3) is 5.69 Å². The number of aldehydes is 1. The normalized spacial score (nSPS) is 13.4. The summed E-state index contributed by atoms with van der Waals surface area (Å²) in [5, 5.41) is 6.75. The van der Waals surface area contributed by atoms with Gasteiger partial charge in [-0.25, -0.2) is 9.18 Å². The van der Waals surface area contributed by atoms with E-state index in [1.165, 1.54) is 17.6 Å². The number of hydrogen-bond donors (Lipinski definition) is 1. The number of nitrogens with one attached hydrogen (secondary N) is 1. The third kappa shape index (κ3) is 5.59. The van der Waals surface area contributed by atoms with E-state index in [0.29, 0.717) is 24.4 Å². The molecule has 8 nitrogen and oxygen atoms in total. The van der Waals surface area contributed by atoms with E-state index in [4.69, 9.17) is 4.74 Å². The standard InChI is InChI=1S/C22H31FN4O4/c1-12(2)8-15(6)31-19-10-18(27-22(30)26(7)20(25-27)13(3)4)17(23)9-16(19)21(29)24-14(5)11-28/h9-15H,8H2,1-7H3,(H,24,29)/t14-,15+/m1/s1. The van der Waals surface area contributed by atoms with Crippen LogP contribution in [0, 0.1) is 11.7 Å². The van der Waals surface area contributed by atoms with Crippen molar-refractivity contribution in [3.05, 3.63) is 39.8 Å². The highest BCUT2D eigenvalue weighted by molar-refractivity contribution is 5.98. The van der Waals surface area contributed by atoms with Gasteiger partial charge in [-0.1, -0.05) is 27.7 Å². The van der Waals surface area contributed by atoms with Crippen LogP contribution < -0.4 is 15.7 Å². The highest BCUT2D eigenvalue weighted by Gasteiger charge is 2.23. The summed E-state index contributed by atoms with van der Waals surface area (Å²) in [4.78, 5) is 36.2. The summed E-state index contributed by atoms with van der Waals surface area (Å²) >= 11 is 0. The van der Waals surface area contributed by atoms with Gasteiger partial charge in [-0.2, -0.15) is 4.68 Å². The van der Waals surface area contributed by atoms with Crippen molar-refractivity contribution in [2.24, 2.45) is 13.0 Å². The minimum atomic E-state index is -0.803. The lowest BCUT2D eigenvalue weighted by Gasteiger charge is -2.20. The van der Waals surface area contributed by atoms with Gasteiger partial charge < -0.3 is 14.8 Å². The van der Waals surface area contributed by atoms with Crippen LogP contribution in [-0.2, 0) is 11.8 Å². The minimum absolute atomic E-state index is 0.0429. The average Bonchev–Trinajstić information content (AvgIpc) is 2.97. The van der Waals surface area contributed by atoms with E-state index in [2.05, 4.69) is 10.4 Å². The predicted octanol–water partition coefficient (Wildman–Crippen LogP) is 2.96. The van der Waals surface area contributed by atoms with Gasteiger partial charge in [-0.3, -0.25) is 9.36 Å². The summed E-state index contributed by atoms with van der Waals surface area (Å²) in [6.07, 6.45) is 1.02. The van der Waals surface area contributed by atoms with E-state index in [9.17, 15) is 14.4 Å². The molecule has 0 radical (unpaired) electrons. The van der Waals surface area contributed by atoms with E-state index in [1.807, 2.05) is 34.6 Å². The molecule has 1 aromatic carbocycles. The highest BCUT2D eigenvalue weighted by atomic mass is 19.1.